The topological polar surface area (TPSA) is 15.3 Å². The van der Waals surface area contributed by atoms with Crippen LogP contribution < -0.4 is 4.98 Å². The molecule has 0 saturated heterocycles. The summed E-state index contributed by atoms with van der Waals surface area (Å²) < 4.78 is 2.55. The van der Waals surface area contributed by atoms with E-state index in [1.54, 1.807) is 0 Å². The molecule has 0 aliphatic rings. The molecule has 0 aromatic rings. The van der Waals surface area contributed by atoms with Crippen LogP contribution >= 0.6 is 0 Å². The second kappa shape index (κ2) is 4.90. The van der Waals surface area contributed by atoms with Gasteiger partial charge in [-0.1, -0.05) is 13.8 Å². The molecule has 11 heavy (non-hydrogen) atoms. The molecule has 0 unspecified atom stereocenters. The second-order valence-electron chi connectivity index (χ2n) is 3.79. The fraction of sp³-hybridized carbons (Fsp3) is 1.00. The first-order chi connectivity index (χ1) is 5.02. The summed E-state index contributed by atoms with van der Waals surface area (Å²) in [6.45, 7) is 13.5. The second-order valence-corrected chi connectivity index (χ2v) is 5.37. The van der Waals surface area contributed by atoms with Crippen molar-refractivity contribution in [3.8, 4) is 0 Å². The van der Waals surface area contributed by atoms with E-state index < -0.39 is 0 Å². The molecule has 0 aromatic carbocycles. The van der Waals surface area contributed by atoms with Crippen LogP contribution in [-0.4, -0.2) is 33.0 Å². The van der Waals surface area contributed by atoms with Gasteiger partial charge in [0.05, 0.1) is 0 Å². The van der Waals surface area contributed by atoms with Gasteiger partial charge in [-0.05, 0) is 33.9 Å². The highest BCUT2D eigenvalue weighted by molar-refractivity contribution is 6.28. The van der Waals surface area contributed by atoms with E-state index in [-0.39, 0.29) is 9.84 Å². The van der Waals surface area contributed by atoms with Gasteiger partial charge in [0.1, 0.15) is 0 Å². The Kier molecular flexibility index (Phi) is 4.96. The smallest absolute Gasteiger partial charge is 0.170 e. The number of hydrogen-bond acceptors (Lipinski definition) is 2. The van der Waals surface area contributed by atoms with Crippen LogP contribution in [0.2, 0.25) is 0 Å². The van der Waals surface area contributed by atoms with E-state index in [0.717, 1.165) is 6.54 Å². The Balaban J connectivity index is 3.76. The molecule has 3 heteroatoms. The van der Waals surface area contributed by atoms with Gasteiger partial charge in [-0.25, -0.2) is 0 Å². The molecule has 68 valence electrons. The van der Waals surface area contributed by atoms with E-state index in [9.17, 15) is 0 Å². The first-order valence-corrected chi connectivity index (χ1v) is 5.82. The molecule has 0 rings (SSSR count). The first kappa shape index (κ1) is 11.1. The van der Waals surface area contributed by atoms with Gasteiger partial charge >= 0.3 is 0 Å². The highest BCUT2D eigenvalue weighted by Crippen LogP contribution is 2.09. The third-order valence-corrected chi connectivity index (χ3v) is 4.38. The van der Waals surface area contributed by atoms with Crippen LogP contribution in [0.5, 0.6) is 0 Å². The lowest BCUT2D eigenvalue weighted by Crippen LogP contribution is -2.49. The lowest BCUT2D eigenvalue weighted by Gasteiger charge is -2.34. The minimum atomic E-state index is -0.196. The van der Waals surface area contributed by atoms with Crippen molar-refractivity contribution in [2.24, 2.45) is 0 Å². The minimum Gasteiger partial charge on any atom is -0.331 e. The van der Waals surface area contributed by atoms with Crippen LogP contribution in [0.25, 0.3) is 0 Å². The zero-order valence-electron chi connectivity index (χ0n) is 8.57. The molecule has 0 aromatic heterocycles. The van der Waals surface area contributed by atoms with E-state index in [0.29, 0.717) is 5.54 Å². The van der Waals surface area contributed by atoms with Gasteiger partial charge in [0, 0.05) is 5.54 Å². The number of hydrogen-bond donors (Lipinski definition) is 1. The van der Waals surface area contributed by atoms with Gasteiger partial charge in [0.25, 0.3) is 0 Å². The van der Waals surface area contributed by atoms with Crippen molar-refractivity contribution in [1.29, 1.82) is 0 Å². The number of rotatable bonds is 4. The van der Waals surface area contributed by atoms with Gasteiger partial charge in [-0.3, -0.25) is 0 Å². The maximum Gasteiger partial charge on any atom is 0.170 e. The molecule has 0 fully saturated rings. The van der Waals surface area contributed by atoms with Crippen LogP contribution in [0.1, 0.15) is 34.6 Å². The Morgan fingerprint density at radius 3 is 2.09 bits per heavy atom. The van der Waals surface area contributed by atoms with E-state index in [4.69, 9.17) is 0 Å². The average molecular weight is 174 g/mol. The number of nitrogens with one attached hydrogen (secondary N) is 1. The SMILES string of the molecule is CCN[SiH2]N(CC)C(C)(C)C. The summed E-state index contributed by atoms with van der Waals surface area (Å²) in [7, 11) is -0.196. The quantitative estimate of drug-likeness (QED) is 0.632. The van der Waals surface area contributed by atoms with Crippen molar-refractivity contribution in [1.82, 2.24) is 9.55 Å². The molecule has 1 N–H and O–H groups in total. The zero-order chi connectivity index (χ0) is 8.91. The Labute approximate surface area is 73.3 Å². The molecule has 0 atom stereocenters. The van der Waals surface area contributed by atoms with E-state index in [1.807, 2.05) is 0 Å². The van der Waals surface area contributed by atoms with Crippen LogP contribution in [0, 0.1) is 0 Å². The van der Waals surface area contributed by atoms with Crippen molar-refractivity contribution in [2.75, 3.05) is 13.1 Å². The summed E-state index contributed by atoms with van der Waals surface area (Å²) in [5.74, 6) is 0. The standard InChI is InChI=1S/C8H22N2Si/c1-6-9-11-10(7-2)8(3,4)5/h9H,6-7,11H2,1-5H3. The van der Waals surface area contributed by atoms with Crippen LogP contribution in [0.3, 0.4) is 0 Å². The molecule has 0 heterocycles. The molecule has 0 saturated carbocycles. The lowest BCUT2D eigenvalue weighted by molar-refractivity contribution is 0.261. The summed E-state index contributed by atoms with van der Waals surface area (Å²) in [5.41, 5.74) is 0.350. The summed E-state index contributed by atoms with van der Waals surface area (Å²) in [5, 5.41) is 0. The van der Waals surface area contributed by atoms with Crippen molar-refractivity contribution >= 4 is 9.84 Å². The summed E-state index contributed by atoms with van der Waals surface area (Å²) in [6.07, 6.45) is 0. The van der Waals surface area contributed by atoms with Gasteiger partial charge in [-0.2, -0.15) is 0 Å². The molecule has 0 aliphatic carbocycles. The molecule has 0 radical (unpaired) electrons. The fourth-order valence-electron chi connectivity index (χ4n) is 1.07. The van der Waals surface area contributed by atoms with E-state index >= 15 is 0 Å². The van der Waals surface area contributed by atoms with Crippen LogP contribution in [0.15, 0.2) is 0 Å². The molecule has 0 spiro atoms. The third kappa shape index (κ3) is 4.56. The van der Waals surface area contributed by atoms with Crippen molar-refractivity contribution in [2.45, 2.75) is 40.2 Å². The Morgan fingerprint density at radius 1 is 1.27 bits per heavy atom. The highest BCUT2D eigenvalue weighted by atomic mass is 28.2. The third-order valence-electron chi connectivity index (χ3n) is 1.88. The maximum atomic E-state index is 3.47. The van der Waals surface area contributed by atoms with Crippen LogP contribution in [-0.2, 0) is 0 Å². The minimum absolute atomic E-state index is 0.196. The van der Waals surface area contributed by atoms with Crippen molar-refractivity contribution < 1.29 is 0 Å². The lowest BCUT2D eigenvalue weighted by atomic mass is 10.1. The van der Waals surface area contributed by atoms with Gasteiger partial charge < -0.3 is 9.55 Å². The molecular weight excluding hydrogens is 152 g/mol. The molecule has 0 bridgehead atoms. The summed E-state index contributed by atoms with van der Waals surface area (Å²) in [6, 6.07) is 0. The van der Waals surface area contributed by atoms with E-state index in [2.05, 4.69) is 44.2 Å². The molecule has 2 nitrogen and oxygen atoms in total. The monoisotopic (exact) mass is 174 g/mol. The van der Waals surface area contributed by atoms with E-state index in [1.165, 1.54) is 6.54 Å². The average Bonchev–Trinajstić information content (AvgIpc) is 1.87. The summed E-state index contributed by atoms with van der Waals surface area (Å²) in [4.78, 5) is 3.47. The predicted octanol–water partition coefficient (Wildman–Crippen LogP) is 0.715. The van der Waals surface area contributed by atoms with Gasteiger partial charge in [-0.15, -0.1) is 0 Å². The van der Waals surface area contributed by atoms with Gasteiger partial charge in [0.2, 0.25) is 0 Å². The molecule has 0 amide bonds. The fourth-order valence-corrected chi connectivity index (χ4v) is 2.26. The Bertz CT molecular complexity index is 98.8. The van der Waals surface area contributed by atoms with Crippen LogP contribution in [0.4, 0.5) is 0 Å². The van der Waals surface area contributed by atoms with Gasteiger partial charge in [0.15, 0.2) is 9.84 Å². The predicted molar refractivity (Wildman–Crippen MR) is 54.4 cm³/mol. The normalized spacial score (nSPS) is 13.6. The Morgan fingerprint density at radius 2 is 1.82 bits per heavy atom. The first-order valence-electron chi connectivity index (χ1n) is 4.48. The maximum absolute atomic E-state index is 3.47. The Hall–Kier alpha value is 0.137. The number of nitrogens with zero attached hydrogens (tertiary/aromatic N) is 1. The van der Waals surface area contributed by atoms with Crippen molar-refractivity contribution in [3.63, 3.8) is 0 Å². The largest absolute Gasteiger partial charge is 0.331 e. The zero-order valence-corrected chi connectivity index (χ0v) is 9.98. The summed E-state index contributed by atoms with van der Waals surface area (Å²) >= 11 is 0. The van der Waals surface area contributed by atoms with Crippen molar-refractivity contribution in [3.05, 3.63) is 0 Å². The molecule has 0 aliphatic heterocycles. The molecular formula is C8H22N2Si. The highest BCUT2D eigenvalue weighted by Gasteiger charge is 2.18.